The number of halogens is 2. The zero-order valence-electron chi connectivity index (χ0n) is 31.4. The molecular weight excluding hydrogens is 771 g/mol. The fourth-order valence-electron chi connectivity index (χ4n) is 8.13. The first-order chi connectivity index (χ1) is 28.4. The smallest absolute Gasteiger partial charge is 0.357 e. The zero-order chi connectivity index (χ0) is 39.3. The van der Waals surface area contributed by atoms with Crippen LogP contribution in [0.5, 0.6) is 11.5 Å². The second kappa shape index (κ2) is 14.7. The lowest BCUT2D eigenvalue weighted by atomic mass is 9.88. The van der Waals surface area contributed by atoms with Gasteiger partial charge in [0, 0.05) is 30.0 Å². The molecule has 4 aromatic heterocycles. The largest absolute Gasteiger partial charge is 0.484 e. The van der Waals surface area contributed by atoms with Crippen LogP contribution in [-0.2, 0) is 26.6 Å². The highest BCUT2D eigenvalue weighted by Crippen LogP contribution is 2.40. The van der Waals surface area contributed by atoms with Crippen molar-refractivity contribution in [3.05, 3.63) is 146 Å². The summed E-state index contributed by atoms with van der Waals surface area (Å²) in [6, 6.07) is 25.2. The predicted molar refractivity (Wildman–Crippen MR) is 221 cm³/mol. The van der Waals surface area contributed by atoms with E-state index < -0.39 is 0 Å². The van der Waals surface area contributed by atoms with E-state index in [2.05, 4.69) is 49.5 Å². The van der Waals surface area contributed by atoms with Crippen LogP contribution in [0.2, 0.25) is 10.0 Å². The second-order valence-corrected chi connectivity index (χ2v) is 15.6. The molecule has 4 heterocycles. The molecule has 0 saturated carbocycles. The van der Waals surface area contributed by atoms with Gasteiger partial charge < -0.3 is 9.47 Å². The number of nitrogens with zero attached hydrogens (tertiary/aromatic N) is 10. The maximum absolute atomic E-state index is 9.36. The zero-order valence-corrected chi connectivity index (χ0v) is 32.9. The number of fused-ring (bicyclic) bond motifs is 4. The summed E-state index contributed by atoms with van der Waals surface area (Å²) in [4.78, 5) is 4.60. The molecular formula is C44H35Cl2N10O2+. The highest BCUT2D eigenvalue weighted by Gasteiger charge is 2.26. The van der Waals surface area contributed by atoms with Crippen molar-refractivity contribution in [1.29, 1.82) is 5.26 Å². The molecule has 2 atom stereocenters. The fourth-order valence-corrected chi connectivity index (χ4v) is 8.57. The lowest BCUT2D eigenvalue weighted by molar-refractivity contribution is 0.183. The summed E-state index contributed by atoms with van der Waals surface area (Å²) in [6.07, 6.45) is 16.2. The van der Waals surface area contributed by atoms with Crippen molar-refractivity contribution in [2.45, 2.75) is 57.4 Å². The van der Waals surface area contributed by atoms with Crippen molar-refractivity contribution in [1.82, 2.24) is 39.1 Å². The predicted octanol–water partition coefficient (Wildman–Crippen LogP) is 9.72. The number of rotatable bonds is 7. The lowest BCUT2D eigenvalue weighted by Gasteiger charge is -2.27. The Morgan fingerprint density at radius 3 is 1.86 bits per heavy atom. The third kappa shape index (κ3) is 6.70. The number of nitriles is 1. The normalized spacial score (nSPS) is 16.0. The van der Waals surface area contributed by atoms with E-state index in [4.69, 9.17) is 32.7 Å². The van der Waals surface area contributed by atoms with Crippen LogP contribution in [0.4, 0.5) is 0 Å². The van der Waals surface area contributed by atoms with Crippen LogP contribution in [-0.4, -0.2) is 39.1 Å². The van der Waals surface area contributed by atoms with Crippen molar-refractivity contribution in [3.63, 3.8) is 0 Å². The average Bonchev–Trinajstić information content (AvgIpc) is 4.05. The summed E-state index contributed by atoms with van der Waals surface area (Å²) in [5, 5.41) is 30.3. The van der Waals surface area contributed by atoms with E-state index in [0.717, 1.165) is 94.0 Å². The molecule has 8 aromatic rings. The van der Waals surface area contributed by atoms with Crippen molar-refractivity contribution < 1.29 is 9.47 Å². The highest BCUT2D eigenvalue weighted by atomic mass is 35.5. The Morgan fingerprint density at radius 2 is 1.28 bits per heavy atom. The molecule has 0 radical (unpaired) electrons. The highest BCUT2D eigenvalue weighted by molar-refractivity contribution is 6.33. The molecule has 0 bridgehead atoms. The number of aryl methyl sites for hydroxylation is 3. The minimum absolute atomic E-state index is 0.137. The summed E-state index contributed by atoms with van der Waals surface area (Å²) in [6.45, 7) is 0.285. The van der Waals surface area contributed by atoms with Gasteiger partial charge in [0.1, 0.15) is 40.6 Å². The summed E-state index contributed by atoms with van der Waals surface area (Å²) in [7, 11) is 1.88. The number of hydrogen-bond acceptors (Lipinski definition) is 7. The van der Waals surface area contributed by atoms with Gasteiger partial charge in [-0.25, -0.2) is 9.36 Å². The first-order valence-corrected chi connectivity index (χ1v) is 19.9. The second-order valence-electron chi connectivity index (χ2n) is 14.8. The molecule has 0 unspecified atom stereocenters. The number of benzene rings is 4. The molecule has 14 heteroatoms. The minimum atomic E-state index is -0.153. The molecule has 58 heavy (non-hydrogen) atoms. The number of hydrogen-bond donors (Lipinski definition) is 0. The topological polar surface area (TPSA) is 118 Å². The van der Waals surface area contributed by atoms with Gasteiger partial charge in [-0.15, -0.1) is 0 Å². The van der Waals surface area contributed by atoms with Gasteiger partial charge in [0.15, 0.2) is 0 Å². The summed E-state index contributed by atoms with van der Waals surface area (Å²) >= 11 is 13.5. The first kappa shape index (κ1) is 35.8. The fraction of sp³-hybridized carbons (Fsp3) is 0.227. The van der Waals surface area contributed by atoms with Crippen molar-refractivity contribution in [2.24, 2.45) is 7.05 Å². The van der Waals surface area contributed by atoms with Gasteiger partial charge in [-0.1, -0.05) is 40.2 Å². The molecule has 0 N–H and O–H groups in total. The van der Waals surface area contributed by atoms with Crippen LogP contribution in [0.1, 0.15) is 71.3 Å². The van der Waals surface area contributed by atoms with Crippen LogP contribution in [0.25, 0.3) is 38.0 Å². The van der Waals surface area contributed by atoms with E-state index in [0.29, 0.717) is 27.1 Å². The summed E-state index contributed by atoms with van der Waals surface area (Å²) in [5.41, 5.74) is 9.55. The van der Waals surface area contributed by atoms with Gasteiger partial charge >= 0.3 is 12.7 Å². The van der Waals surface area contributed by atoms with Crippen LogP contribution >= 0.6 is 23.2 Å². The Hall–Kier alpha value is -6.60. The van der Waals surface area contributed by atoms with E-state index in [1.54, 1.807) is 34.2 Å². The molecule has 286 valence electrons. The molecule has 2 aliphatic carbocycles. The third-order valence-electron chi connectivity index (χ3n) is 10.9. The molecule has 10 rings (SSSR count). The summed E-state index contributed by atoms with van der Waals surface area (Å²) < 4.78 is 20.3. The monoisotopic (exact) mass is 805 g/mol. The van der Waals surface area contributed by atoms with Gasteiger partial charge in [0.25, 0.3) is 0 Å². The maximum Gasteiger partial charge on any atom is 0.357 e. The van der Waals surface area contributed by atoms with Gasteiger partial charge in [0.05, 0.1) is 69.9 Å². The first-order valence-electron chi connectivity index (χ1n) is 19.1. The van der Waals surface area contributed by atoms with Gasteiger partial charge in [-0.05, 0) is 97.2 Å². The van der Waals surface area contributed by atoms with Crippen LogP contribution in [0, 0.1) is 17.4 Å². The van der Waals surface area contributed by atoms with Crippen molar-refractivity contribution >= 4 is 45.0 Å². The third-order valence-corrected chi connectivity index (χ3v) is 11.5. The Bertz CT molecular complexity index is 3000. The molecule has 2 aliphatic rings. The standard InChI is InChI=1S/C44H35Cl2N10O2/c1-53-24-33(22-49-53)55-39-16-43(37(45)14-31(39)20-51-55)58-42-7-3-5-30-13-28(9-11-36(30)42)19-48-26-54-25-34(23-50-54)56-40-17-44(38(46)15-32(40)21-52-56)57-41-6-2-4-29-12-27(18-47)8-10-35(29)41/h8-17,20-25,41-42H,2-7,26H2,1H3/q+1/t41-,42+/m1/s1. The molecule has 0 spiro atoms. The van der Waals surface area contributed by atoms with E-state index in [-0.39, 0.29) is 18.9 Å². The molecule has 12 nitrogen and oxygen atoms in total. The Balaban J connectivity index is 0.836. The molecule has 0 fully saturated rings. The maximum atomic E-state index is 9.36. The Labute approximate surface area is 343 Å². The molecule has 0 amide bonds. The van der Waals surface area contributed by atoms with Crippen LogP contribution in [0.15, 0.2) is 97.8 Å². The lowest BCUT2D eigenvalue weighted by Crippen LogP contribution is -2.15. The van der Waals surface area contributed by atoms with Crippen LogP contribution < -0.4 is 9.47 Å². The average molecular weight is 807 g/mol. The van der Waals surface area contributed by atoms with Crippen molar-refractivity contribution in [3.8, 4) is 35.0 Å². The van der Waals surface area contributed by atoms with Gasteiger partial charge in [-0.2, -0.15) is 30.3 Å². The Morgan fingerprint density at radius 1 is 0.707 bits per heavy atom. The van der Waals surface area contributed by atoms with Gasteiger partial charge in [0.2, 0.25) is 0 Å². The quantitative estimate of drug-likeness (QED) is 0.157. The Kier molecular flexibility index (Phi) is 9.08. The van der Waals surface area contributed by atoms with E-state index in [1.165, 1.54) is 5.56 Å². The van der Waals surface area contributed by atoms with Gasteiger partial charge in [-0.3, -0.25) is 4.68 Å². The molecule has 0 aliphatic heterocycles. The van der Waals surface area contributed by atoms with E-state index in [1.807, 2.05) is 77.3 Å². The summed E-state index contributed by atoms with van der Waals surface area (Å²) in [5.74, 6) is 1.21. The van der Waals surface area contributed by atoms with E-state index >= 15 is 0 Å². The number of aromatic nitrogens is 8. The van der Waals surface area contributed by atoms with Crippen LogP contribution in [0.3, 0.4) is 0 Å². The minimum Gasteiger partial charge on any atom is -0.484 e. The van der Waals surface area contributed by atoms with E-state index in [9.17, 15) is 5.26 Å². The van der Waals surface area contributed by atoms with Crippen molar-refractivity contribution in [2.75, 3.05) is 0 Å². The molecule has 0 saturated heterocycles. The molecule has 4 aromatic carbocycles. The SMILES string of the molecule is Cn1cc(-n2ncc3cc(Cl)c(O[C@H]4CCCc5cc(C#[N+]Cn6cc(-n7ncc8cc(Cl)c(O[C@@H]9CCCc%10cc(C#N)ccc%109)cc87)cn6)ccc54)cc32)cn1. The number of ether oxygens (including phenoxy) is 2.